The van der Waals surface area contributed by atoms with Gasteiger partial charge in [0.1, 0.15) is 4.90 Å². The number of aryl methyl sites for hydroxylation is 1. The average Bonchev–Trinajstić information content (AvgIpc) is 2.62. The van der Waals surface area contributed by atoms with E-state index in [2.05, 4.69) is 14.9 Å². The van der Waals surface area contributed by atoms with E-state index in [9.17, 15) is 18.3 Å². The molecule has 0 saturated heterocycles. The van der Waals surface area contributed by atoms with E-state index in [-0.39, 0.29) is 4.90 Å². The molecular weight excluding hydrogens is 270 g/mol. The Morgan fingerprint density at radius 2 is 1.89 bits per heavy atom. The summed E-state index contributed by atoms with van der Waals surface area (Å²) in [5.41, 5.74) is -2.03. The number of H-pyrrole nitrogens is 1. The van der Waals surface area contributed by atoms with Crippen LogP contribution in [0.2, 0.25) is 0 Å². The summed E-state index contributed by atoms with van der Waals surface area (Å²) in [6.45, 7) is 7.60. The Bertz CT molecular complexity index is 587. The number of hydrogen-bond acceptors (Lipinski definition) is 4. The molecule has 0 fully saturated rings. The van der Waals surface area contributed by atoms with Crippen molar-refractivity contribution in [2.75, 3.05) is 0 Å². The normalized spacial score (nSPS) is 13.5. The molecule has 0 atom stereocenters. The fourth-order valence-electron chi connectivity index (χ4n) is 1.40. The molecule has 8 heteroatoms. The first kappa shape index (κ1) is 15.6. The maximum atomic E-state index is 12.2. The first-order valence-electron chi connectivity index (χ1n) is 5.69. The maximum absolute atomic E-state index is 12.2. The number of rotatable bonds is 5. The first-order chi connectivity index (χ1) is 8.42. The Morgan fingerprint density at radius 3 is 2.26 bits per heavy atom. The zero-order chi connectivity index (χ0) is 15.1. The monoisotopic (exact) mass is 289 g/mol. The fourth-order valence-corrected chi connectivity index (χ4v) is 3.07. The van der Waals surface area contributed by atoms with Crippen LogP contribution < -0.4 is 4.72 Å². The van der Waals surface area contributed by atoms with Gasteiger partial charge >= 0.3 is 5.97 Å². The summed E-state index contributed by atoms with van der Waals surface area (Å²) in [6.07, 6.45) is 1.20. The minimum atomic E-state index is -3.83. The van der Waals surface area contributed by atoms with Gasteiger partial charge in [-0.05, 0) is 34.6 Å². The Labute approximate surface area is 112 Å². The molecule has 1 aromatic rings. The van der Waals surface area contributed by atoms with Crippen molar-refractivity contribution < 1.29 is 18.3 Å². The van der Waals surface area contributed by atoms with E-state index in [0.29, 0.717) is 5.69 Å². The fraction of sp³-hybridized carbons (Fsp3) is 0.636. The summed E-state index contributed by atoms with van der Waals surface area (Å²) in [4.78, 5) is 11.3. The molecule has 1 rings (SSSR count). The molecule has 0 aliphatic rings. The lowest BCUT2D eigenvalue weighted by molar-refractivity contribution is -0.150. The highest BCUT2D eigenvalue weighted by Gasteiger charge is 2.46. The van der Waals surface area contributed by atoms with E-state index in [1.807, 2.05) is 0 Å². The predicted molar refractivity (Wildman–Crippen MR) is 69.1 cm³/mol. The Kier molecular flexibility index (Phi) is 3.79. The van der Waals surface area contributed by atoms with E-state index in [1.54, 1.807) is 6.92 Å². The summed E-state index contributed by atoms with van der Waals surface area (Å²) >= 11 is 0. The van der Waals surface area contributed by atoms with Crippen LogP contribution in [0.4, 0.5) is 0 Å². The summed E-state index contributed by atoms with van der Waals surface area (Å²) in [7, 11) is -3.83. The van der Waals surface area contributed by atoms with Crippen LogP contribution in [0.5, 0.6) is 0 Å². The number of aromatic nitrogens is 2. The third kappa shape index (κ3) is 2.79. The molecule has 19 heavy (non-hydrogen) atoms. The van der Waals surface area contributed by atoms with Crippen molar-refractivity contribution in [1.82, 2.24) is 14.9 Å². The number of aromatic amines is 1. The molecule has 108 valence electrons. The van der Waals surface area contributed by atoms with Gasteiger partial charge in [-0.1, -0.05) is 0 Å². The number of carboxylic acid groups (broad SMARTS) is 1. The van der Waals surface area contributed by atoms with Crippen LogP contribution >= 0.6 is 0 Å². The van der Waals surface area contributed by atoms with Gasteiger partial charge in [-0.2, -0.15) is 5.10 Å². The molecule has 1 aromatic heterocycles. The van der Waals surface area contributed by atoms with Crippen LogP contribution in [0.15, 0.2) is 11.1 Å². The number of nitrogens with one attached hydrogen (secondary N) is 2. The van der Waals surface area contributed by atoms with Crippen molar-refractivity contribution in [3.05, 3.63) is 11.9 Å². The minimum absolute atomic E-state index is 0.0155. The second-order valence-electron chi connectivity index (χ2n) is 5.52. The first-order valence-corrected chi connectivity index (χ1v) is 7.17. The molecule has 0 aliphatic carbocycles. The molecule has 0 saturated carbocycles. The van der Waals surface area contributed by atoms with E-state index in [0.717, 1.165) is 0 Å². The van der Waals surface area contributed by atoms with Gasteiger partial charge in [-0.3, -0.25) is 9.89 Å². The van der Waals surface area contributed by atoms with Crippen LogP contribution in [-0.4, -0.2) is 35.2 Å². The van der Waals surface area contributed by atoms with E-state index < -0.39 is 26.9 Å². The van der Waals surface area contributed by atoms with Crippen molar-refractivity contribution in [3.8, 4) is 0 Å². The Morgan fingerprint density at radius 1 is 1.37 bits per heavy atom. The number of nitrogens with zero attached hydrogens (tertiary/aromatic N) is 1. The van der Waals surface area contributed by atoms with Crippen LogP contribution in [-0.2, 0) is 14.8 Å². The summed E-state index contributed by atoms with van der Waals surface area (Å²) in [5, 5.41) is 15.4. The van der Waals surface area contributed by atoms with E-state index in [4.69, 9.17) is 0 Å². The second-order valence-corrected chi connectivity index (χ2v) is 7.17. The second kappa shape index (κ2) is 4.61. The molecule has 0 unspecified atom stereocenters. The lowest BCUT2D eigenvalue weighted by Gasteiger charge is -2.38. The standard InChI is InChI=1S/C11H19N3O4S/c1-7-8(6-12-13-7)19(17,18)14-11(4,5)10(2,3)9(15)16/h6,14H,1-5H3,(H,12,13)(H,15,16). The van der Waals surface area contributed by atoms with E-state index >= 15 is 0 Å². The van der Waals surface area contributed by atoms with Gasteiger partial charge in [0.25, 0.3) is 0 Å². The van der Waals surface area contributed by atoms with Crippen molar-refractivity contribution in [3.63, 3.8) is 0 Å². The minimum Gasteiger partial charge on any atom is -0.481 e. The SMILES string of the molecule is Cc1[nH]ncc1S(=O)(=O)NC(C)(C)C(C)(C)C(=O)O. The molecule has 1 heterocycles. The Balaban J connectivity index is 3.15. The average molecular weight is 289 g/mol. The summed E-state index contributed by atoms with van der Waals surface area (Å²) in [6, 6.07) is 0. The summed E-state index contributed by atoms with van der Waals surface area (Å²) < 4.78 is 26.9. The molecule has 0 spiro atoms. The molecule has 0 aliphatic heterocycles. The molecule has 0 bridgehead atoms. The topological polar surface area (TPSA) is 112 Å². The zero-order valence-electron chi connectivity index (χ0n) is 11.6. The van der Waals surface area contributed by atoms with Gasteiger partial charge in [0.05, 0.1) is 17.3 Å². The predicted octanol–water partition coefficient (Wildman–Crippen LogP) is 0.886. The van der Waals surface area contributed by atoms with Gasteiger partial charge in [0.15, 0.2) is 0 Å². The van der Waals surface area contributed by atoms with Gasteiger partial charge in [0.2, 0.25) is 10.0 Å². The number of hydrogen-bond donors (Lipinski definition) is 3. The number of aliphatic carboxylic acids is 1. The highest BCUT2D eigenvalue weighted by atomic mass is 32.2. The quantitative estimate of drug-likeness (QED) is 0.745. The van der Waals surface area contributed by atoms with Gasteiger partial charge in [-0.15, -0.1) is 0 Å². The van der Waals surface area contributed by atoms with Crippen molar-refractivity contribution in [2.24, 2.45) is 5.41 Å². The van der Waals surface area contributed by atoms with Crippen molar-refractivity contribution in [2.45, 2.75) is 45.1 Å². The Hall–Kier alpha value is -1.41. The number of sulfonamides is 1. The van der Waals surface area contributed by atoms with Gasteiger partial charge in [-0.25, -0.2) is 13.1 Å². The number of carboxylic acids is 1. The van der Waals surface area contributed by atoms with Crippen LogP contribution in [0.1, 0.15) is 33.4 Å². The maximum Gasteiger partial charge on any atom is 0.310 e. The zero-order valence-corrected chi connectivity index (χ0v) is 12.4. The molecule has 3 N–H and O–H groups in total. The third-order valence-corrected chi connectivity index (χ3v) is 5.33. The lowest BCUT2D eigenvalue weighted by Crippen LogP contribution is -2.56. The smallest absolute Gasteiger partial charge is 0.310 e. The highest BCUT2D eigenvalue weighted by molar-refractivity contribution is 7.89. The summed E-state index contributed by atoms with van der Waals surface area (Å²) in [5.74, 6) is -1.08. The van der Waals surface area contributed by atoms with Crippen LogP contribution in [0.25, 0.3) is 0 Å². The highest BCUT2D eigenvalue weighted by Crippen LogP contribution is 2.32. The van der Waals surface area contributed by atoms with Gasteiger partial charge in [0, 0.05) is 5.54 Å². The molecule has 0 aromatic carbocycles. The molecule has 7 nitrogen and oxygen atoms in total. The molecule has 0 radical (unpaired) electrons. The van der Waals surface area contributed by atoms with Crippen molar-refractivity contribution in [1.29, 1.82) is 0 Å². The van der Waals surface area contributed by atoms with Crippen molar-refractivity contribution >= 4 is 16.0 Å². The third-order valence-electron chi connectivity index (χ3n) is 3.56. The van der Waals surface area contributed by atoms with Gasteiger partial charge < -0.3 is 5.11 Å². The van der Waals surface area contributed by atoms with Crippen LogP contribution in [0.3, 0.4) is 0 Å². The van der Waals surface area contributed by atoms with Crippen LogP contribution in [0, 0.1) is 12.3 Å². The number of carbonyl (C=O) groups is 1. The molecule has 0 amide bonds. The molecular formula is C11H19N3O4S. The largest absolute Gasteiger partial charge is 0.481 e. The lowest BCUT2D eigenvalue weighted by atomic mass is 9.75. The van der Waals surface area contributed by atoms with E-state index in [1.165, 1.54) is 33.9 Å².